The van der Waals surface area contributed by atoms with Crippen molar-refractivity contribution >= 4 is 28.4 Å². The summed E-state index contributed by atoms with van der Waals surface area (Å²) in [5, 5.41) is 0.648. The first-order valence-electron chi connectivity index (χ1n) is 6.14. The molecule has 0 fully saturated rings. The van der Waals surface area contributed by atoms with Gasteiger partial charge >= 0.3 is 0 Å². The van der Waals surface area contributed by atoms with E-state index in [1.807, 2.05) is 44.2 Å². The Balaban J connectivity index is 0.000000637. The fourth-order valence-electron chi connectivity index (χ4n) is 1.65. The van der Waals surface area contributed by atoms with Crippen molar-refractivity contribution in [2.75, 3.05) is 5.73 Å². The number of oxazole rings is 1. The number of hydrogen-bond acceptors (Lipinski definition) is 3. The van der Waals surface area contributed by atoms with Crippen LogP contribution in [0.3, 0.4) is 0 Å². The van der Waals surface area contributed by atoms with Gasteiger partial charge in [-0.05, 0) is 42.5 Å². The van der Waals surface area contributed by atoms with Gasteiger partial charge < -0.3 is 10.2 Å². The molecule has 0 aliphatic heterocycles. The molecule has 0 saturated heterocycles. The number of nitrogens with zero attached hydrogens (tertiary/aromatic N) is 1. The minimum atomic E-state index is 0.572. The van der Waals surface area contributed by atoms with Crippen molar-refractivity contribution in [3.8, 4) is 11.5 Å². The van der Waals surface area contributed by atoms with Crippen molar-refractivity contribution in [1.82, 2.24) is 4.98 Å². The highest BCUT2D eigenvalue weighted by Gasteiger charge is 2.07. The third kappa shape index (κ3) is 2.88. The van der Waals surface area contributed by atoms with Gasteiger partial charge in [-0.3, -0.25) is 0 Å². The molecular weight excluding hydrogens is 260 g/mol. The van der Waals surface area contributed by atoms with Gasteiger partial charge in [0.15, 0.2) is 5.58 Å². The molecule has 3 aromatic rings. The van der Waals surface area contributed by atoms with Crippen molar-refractivity contribution in [3.05, 3.63) is 47.5 Å². The second-order valence-corrected chi connectivity index (χ2v) is 4.19. The molecule has 98 valence electrons. The zero-order chi connectivity index (χ0) is 13.8. The van der Waals surface area contributed by atoms with Gasteiger partial charge in [-0.25, -0.2) is 4.98 Å². The van der Waals surface area contributed by atoms with Crippen molar-refractivity contribution in [1.29, 1.82) is 0 Å². The third-order valence-electron chi connectivity index (χ3n) is 2.51. The molecule has 1 aromatic heterocycles. The summed E-state index contributed by atoms with van der Waals surface area (Å²) in [7, 11) is 0. The summed E-state index contributed by atoms with van der Waals surface area (Å²) >= 11 is 5.90. The second-order valence-electron chi connectivity index (χ2n) is 3.75. The van der Waals surface area contributed by atoms with Crippen molar-refractivity contribution in [2.24, 2.45) is 0 Å². The Morgan fingerprint density at radius 3 is 2.42 bits per heavy atom. The third-order valence-corrected chi connectivity index (χ3v) is 2.74. The molecule has 3 rings (SSSR count). The van der Waals surface area contributed by atoms with Crippen LogP contribution in [0.25, 0.3) is 22.6 Å². The molecule has 0 atom stereocenters. The second kappa shape index (κ2) is 5.76. The number of halogens is 1. The van der Waals surface area contributed by atoms with E-state index in [2.05, 4.69) is 4.98 Å². The number of rotatable bonds is 1. The molecule has 2 aromatic carbocycles. The van der Waals surface area contributed by atoms with E-state index in [9.17, 15) is 0 Å². The molecule has 1 heterocycles. The van der Waals surface area contributed by atoms with E-state index in [1.54, 1.807) is 12.1 Å². The molecule has 0 aliphatic carbocycles. The van der Waals surface area contributed by atoms with Gasteiger partial charge in [0.25, 0.3) is 0 Å². The molecule has 0 unspecified atom stereocenters. The normalized spacial score (nSPS) is 10.1. The monoisotopic (exact) mass is 274 g/mol. The van der Waals surface area contributed by atoms with E-state index >= 15 is 0 Å². The Morgan fingerprint density at radius 1 is 1.05 bits per heavy atom. The van der Waals surface area contributed by atoms with Crippen LogP contribution in [0, 0.1) is 0 Å². The number of fused-ring (bicyclic) bond motifs is 1. The molecule has 0 bridgehead atoms. The zero-order valence-corrected chi connectivity index (χ0v) is 11.6. The van der Waals surface area contributed by atoms with Gasteiger partial charge in [0.1, 0.15) is 5.52 Å². The van der Waals surface area contributed by atoms with E-state index in [0.29, 0.717) is 16.6 Å². The molecule has 0 aliphatic rings. The minimum absolute atomic E-state index is 0.572. The Labute approximate surface area is 117 Å². The lowest BCUT2D eigenvalue weighted by atomic mass is 10.2. The number of benzene rings is 2. The summed E-state index contributed by atoms with van der Waals surface area (Å²) < 4.78 is 5.64. The van der Waals surface area contributed by atoms with Crippen LogP contribution in [0.15, 0.2) is 46.9 Å². The predicted molar refractivity (Wildman–Crippen MR) is 80.2 cm³/mol. The summed E-state index contributed by atoms with van der Waals surface area (Å²) in [6.07, 6.45) is 0. The summed E-state index contributed by atoms with van der Waals surface area (Å²) in [6.45, 7) is 4.00. The summed E-state index contributed by atoms with van der Waals surface area (Å²) in [4.78, 5) is 4.38. The zero-order valence-electron chi connectivity index (χ0n) is 10.9. The van der Waals surface area contributed by atoms with Crippen LogP contribution in [-0.2, 0) is 0 Å². The first-order chi connectivity index (χ1) is 9.22. The number of hydrogen-bond donors (Lipinski definition) is 1. The SMILES string of the molecule is CC.Nc1ccc(-c2nc3cc(Cl)ccc3o2)cc1. The quantitative estimate of drug-likeness (QED) is 0.651. The van der Waals surface area contributed by atoms with Crippen LogP contribution in [-0.4, -0.2) is 4.98 Å². The molecule has 2 N–H and O–H groups in total. The van der Waals surface area contributed by atoms with Crippen molar-refractivity contribution < 1.29 is 4.42 Å². The lowest BCUT2D eigenvalue weighted by molar-refractivity contribution is 0.620. The fraction of sp³-hybridized carbons (Fsp3) is 0.133. The number of anilines is 1. The average Bonchev–Trinajstić information content (AvgIpc) is 2.84. The first kappa shape index (κ1) is 13.4. The van der Waals surface area contributed by atoms with E-state index in [4.69, 9.17) is 21.8 Å². The van der Waals surface area contributed by atoms with Crippen LogP contribution in [0.4, 0.5) is 5.69 Å². The average molecular weight is 275 g/mol. The first-order valence-corrected chi connectivity index (χ1v) is 6.52. The Morgan fingerprint density at radius 2 is 1.74 bits per heavy atom. The summed E-state index contributed by atoms with van der Waals surface area (Å²) in [5.41, 5.74) is 8.72. The molecule has 4 heteroatoms. The predicted octanol–water partition coefficient (Wildman–Crippen LogP) is 4.76. The van der Waals surface area contributed by atoms with E-state index < -0.39 is 0 Å². The Kier molecular flexibility index (Phi) is 4.07. The molecule has 0 amide bonds. The number of nitrogens with two attached hydrogens (primary N) is 1. The molecule has 3 nitrogen and oxygen atoms in total. The molecule has 0 spiro atoms. The highest BCUT2D eigenvalue weighted by Crippen LogP contribution is 2.26. The maximum atomic E-state index is 5.90. The van der Waals surface area contributed by atoms with Crippen LogP contribution in [0.1, 0.15) is 13.8 Å². The van der Waals surface area contributed by atoms with Gasteiger partial charge in [-0.1, -0.05) is 25.4 Å². The van der Waals surface area contributed by atoms with E-state index in [-0.39, 0.29) is 0 Å². The van der Waals surface area contributed by atoms with Gasteiger partial charge in [0.2, 0.25) is 5.89 Å². The van der Waals surface area contributed by atoms with E-state index in [0.717, 1.165) is 16.7 Å². The van der Waals surface area contributed by atoms with Crippen LogP contribution in [0.5, 0.6) is 0 Å². The lowest BCUT2D eigenvalue weighted by Gasteiger charge is -1.95. The van der Waals surface area contributed by atoms with Crippen LogP contribution >= 0.6 is 11.6 Å². The van der Waals surface area contributed by atoms with Crippen molar-refractivity contribution in [3.63, 3.8) is 0 Å². The van der Waals surface area contributed by atoms with Gasteiger partial charge in [0.05, 0.1) is 0 Å². The van der Waals surface area contributed by atoms with Crippen molar-refractivity contribution in [2.45, 2.75) is 13.8 Å². The highest BCUT2D eigenvalue weighted by molar-refractivity contribution is 6.31. The molecule has 0 radical (unpaired) electrons. The Hall–Kier alpha value is -2.00. The fourth-order valence-corrected chi connectivity index (χ4v) is 1.82. The number of aromatic nitrogens is 1. The Bertz CT molecular complexity index is 674. The smallest absolute Gasteiger partial charge is 0.227 e. The summed E-state index contributed by atoms with van der Waals surface area (Å²) in [5.74, 6) is 0.572. The minimum Gasteiger partial charge on any atom is -0.436 e. The molecular formula is C15H15ClN2O. The maximum Gasteiger partial charge on any atom is 0.227 e. The lowest BCUT2D eigenvalue weighted by Crippen LogP contribution is -1.83. The molecule has 0 saturated carbocycles. The number of nitrogen functional groups attached to an aromatic ring is 1. The van der Waals surface area contributed by atoms with Gasteiger partial charge in [0, 0.05) is 16.3 Å². The standard InChI is InChI=1S/C13H9ClN2O.C2H6/c14-9-3-6-12-11(7-9)16-13(17-12)8-1-4-10(15)5-2-8;1-2/h1-7H,15H2;1-2H3. The van der Waals surface area contributed by atoms with Gasteiger partial charge in [-0.15, -0.1) is 0 Å². The highest BCUT2D eigenvalue weighted by atomic mass is 35.5. The van der Waals surface area contributed by atoms with Gasteiger partial charge in [-0.2, -0.15) is 0 Å². The summed E-state index contributed by atoms with van der Waals surface area (Å²) in [6, 6.07) is 12.8. The maximum absolute atomic E-state index is 5.90. The molecule has 19 heavy (non-hydrogen) atoms. The topological polar surface area (TPSA) is 52.0 Å². The van der Waals surface area contributed by atoms with Crippen LogP contribution in [0.2, 0.25) is 5.02 Å². The van der Waals surface area contributed by atoms with Crippen LogP contribution < -0.4 is 5.73 Å². The van der Waals surface area contributed by atoms with E-state index in [1.165, 1.54) is 0 Å². The largest absolute Gasteiger partial charge is 0.436 e.